The summed E-state index contributed by atoms with van der Waals surface area (Å²) in [5.74, 6) is 0.474. The van der Waals surface area contributed by atoms with Crippen molar-refractivity contribution in [1.82, 2.24) is 10.2 Å². The zero-order valence-electron chi connectivity index (χ0n) is 9.32. The molecule has 0 saturated heterocycles. The molecule has 0 saturated carbocycles. The number of likely N-dealkylation sites (N-methyl/N-ethyl adjacent to an activating group) is 1. The lowest BCUT2D eigenvalue weighted by Crippen LogP contribution is -2.28. The van der Waals surface area contributed by atoms with Gasteiger partial charge in [-0.05, 0) is 45.7 Å². The summed E-state index contributed by atoms with van der Waals surface area (Å²) in [5.41, 5.74) is 0. The summed E-state index contributed by atoms with van der Waals surface area (Å²) < 4.78 is 5.03. The van der Waals surface area contributed by atoms with Gasteiger partial charge in [0.25, 0.3) is 0 Å². The highest BCUT2D eigenvalue weighted by Crippen LogP contribution is 2.02. The molecule has 1 rings (SSSR count). The quantitative estimate of drug-likeness (QED) is 0.539. The second-order valence-electron chi connectivity index (χ2n) is 3.60. The van der Waals surface area contributed by atoms with Gasteiger partial charge in [0, 0.05) is 0 Å². The number of rotatable bonds is 7. The van der Waals surface area contributed by atoms with Crippen molar-refractivity contribution >= 4 is 5.78 Å². The first-order valence-corrected chi connectivity index (χ1v) is 5.14. The number of nitrogens with one attached hydrogen (secondary N) is 1. The molecule has 0 radical (unpaired) electrons. The number of nitrogens with zero attached hydrogens (tertiary/aromatic N) is 1. The Hall–Kier alpha value is -1.13. The van der Waals surface area contributed by atoms with Gasteiger partial charge in [0.2, 0.25) is 5.78 Å². The highest BCUT2D eigenvalue weighted by atomic mass is 16.3. The van der Waals surface area contributed by atoms with Crippen LogP contribution >= 0.6 is 0 Å². The summed E-state index contributed by atoms with van der Waals surface area (Å²) in [4.78, 5) is 13.6. The lowest BCUT2D eigenvalue weighted by molar-refractivity contribution is 0.0918. The smallest absolute Gasteiger partial charge is 0.211 e. The van der Waals surface area contributed by atoms with E-state index in [1.54, 1.807) is 12.1 Å². The Bertz CT molecular complexity index is 283. The maximum absolute atomic E-state index is 11.6. The summed E-state index contributed by atoms with van der Waals surface area (Å²) in [5, 5.41) is 3.07. The molecule has 0 aliphatic heterocycles. The van der Waals surface area contributed by atoms with Crippen LogP contribution < -0.4 is 5.32 Å². The van der Waals surface area contributed by atoms with Gasteiger partial charge in [-0.1, -0.05) is 0 Å². The molecule has 4 heteroatoms. The number of hydrogen-bond donors (Lipinski definition) is 1. The van der Waals surface area contributed by atoms with Crippen LogP contribution in [0.5, 0.6) is 0 Å². The molecule has 1 aromatic rings. The van der Waals surface area contributed by atoms with E-state index in [4.69, 9.17) is 4.42 Å². The molecule has 0 aliphatic rings. The third kappa shape index (κ3) is 4.27. The minimum Gasteiger partial charge on any atom is -0.461 e. The summed E-state index contributed by atoms with van der Waals surface area (Å²) >= 11 is 0. The first kappa shape index (κ1) is 11.9. The molecular formula is C11H18N2O2. The van der Waals surface area contributed by atoms with Gasteiger partial charge in [0.15, 0.2) is 5.76 Å². The van der Waals surface area contributed by atoms with E-state index in [-0.39, 0.29) is 5.78 Å². The van der Waals surface area contributed by atoms with Crippen molar-refractivity contribution in [2.75, 3.05) is 33.7 Å². The summed E-state index contributed by atoms with van der Waals surface area (Å²) in [7, 11) is 3.87. The maximum Gasteiger partial charge on any atom is 0.211 e. The molecular weight excluding hydrogens is 192 g/mol. The molecule has 0 aliphatic carbocycles. The molecule has 0 unspecified atom stereocenters. The van der Waals surface area contributed by atoms with E-state index in [1.165, 1.54) is 6.26 Å². The normalized spacial score (nSPS) is 10.9. The van der Waals surface area contributed by atoms with Crippen molar-refractivity contribution in [1.29, 1.82) is 0 Å². The molecule has 1 aromatic heterocycles. The van der Waals surface area contributed by atoms with Crippen LogP contribution in [0, 0.1) is 0 Å². The molecule has 0 atom stereocenters. The zero-order chi connectivity index (χ0) is 11.1. The van der Waals surface area contributed by atoms with E-state index in [0.29, 0.717) is 12.3 Å². The van der Waals surface area contributed by atoms with E-state index >= 15 is 0 Å². The van der Waals surface area contributed by atoms with Gasteiger partial charge in [0.1, 0.15) is 0 Å². The van der Waals surface area contributed by atoms with Gasteiger partial charge in [-0.2, -0.15) is 0 Å². The monoisotopic (exact) mass is 210 g/mol. The lowest BCUT2D eigenvalue weighted by atomic mass is 10.3. The third-order valence-corrected chi connectivity index (χ3v) is 2.18. The van der Waals surface area contributed by atoms with Crippen LogP contribution in [0.25, 0.3) is 0 Å². The molecule has 84 valence electrons. The number of carbonyl (C=O) groups is 1. The van der Waals surface area contributed by atoms with Crippen LogP contribution in [0.3, 0.4) is 0 Å². The van der Waals surface area contributed by atoms with Crippen molar-refractivity contribution in [2.45, 2.75) is 6.42 Å². The molecule has 0 aromatic carbocycles. The minimum atomic E-state index is 0.0342. The fourth-order valence-corrected chi connectivity index (χ4v) is 1.37. The Kier molecular flexibility index (Phi) is 5.07. The maximum atomic E-state index is 11.6. The summed E-state index contributed by atoms with van der Waals surface area (Å²) in [6, 6.07) is 3.43. The van der Waals surface area contributed by atoms with Crippen LogP contribution in [-0.4, -0.2) is 44.4 Å². The van der Waals surface area contributed by atoms with Crippen LogP contribution in [0.1, 0.15) is 17.0 Å². The van der Waals surface area contributed by atoms with E-state index in [9.17, 15) is 4.79 Å². The van der Waals surface area contributed by atoms with Crippen molar-refractivity contribution < 1.29 is 9.21 Å². The Morgan fingerprint density at radius 3 is 3.00 bits per heavy atom. The first-order valence-electron chi connectivity index (χ1n) is 5.14. The van der Waals surface area contributed by atoms with Gasteiger partial charge >= 0.3 is 0 Å². The number of carbonyl (C=O) groups excluding carboxylic acids is 1. The fraction of sp³-hybridized carbons (Fsp3) is 0.545. The van der Waals surface area contributed by atoms with E-state index in [0.717, 1.165) is 19.5 Å². The van der Waals surface area contributed by atoms with Gasteiger partial charge < -0.3 is 9.73 Å². The third-order valence-electron chi connectivity index (χ3n) is 2.18. The Balaban J connectivity index is 2.26. The molecule has 0 spiro atoms. The van der Waals surface area contributed by atoms with E-state index < -0.39 is 0 Å². The molecule has 0 fully saturated rings. The molecule has 0 amide bonds. The average Bonchev–Trinajstić information content (AvgIpc) is 2.70. The number of ketones is 1. The predicted octanol–water partition coefficient (Wildman–Crippen LogP) is 1.00. The van der Waals surface area contributed by atoms with Gasteiger partial charge in [-0.15, -0.1) is 0 Å². The van der Waals surface area contributed by atoms with Crippen molar-refractivity contribution in [3.05, 3.63) is 24.2 Å². The molecule has 0 bridgehead atoms. The summed E-state index contributed by atoms with van der Waals surface area (Å²) in [6.07, 6.45) is 2.56. The predicted molar refractivity (Wildman–Crippen MR) is 59.1 cm³/mol. The van der Waals surface area contributed by atoms with Crippen LogP contribution in [-0.2, 0) is 0 Å². The minimum absolute atomic E-state index is 0.0342. The van der Waals surface area contributed by atoms with E-state index in [1.807, 2.05) is 19.0 Å². The number of hydrogen-bond acceptors (Lipinski definition) is 4. The van der Waals surface area contributed by atoms with Gasteiger partial charge in [-0.25, -0.2) is 0 Å². The van der Waals surface area contributed by atoms with Crippen molar-refractivity contribution in [3.63, 3.8) is 0 Å². The van der Waals surface area contributed by atoms with Gasteiger partial charge in [0.05, 0.1) is 12.8 Å². The second-order valence-corrected chi connectivity index (χ2v) is 3.60. The van der Waals surface area contributed by atoms with Crippen LogP contribution in [0.2, 0.25) is 0 Å². The Morgan fingerprint density at radius 1 is 1.60 bits per heavy atom. The highest BCUT2D eigenvalue weighted by Gasteiger charge is 2.10. The van der Waals surface area contributed by atoms with Crippen molar-refractivity contribution in [3.8, 4) is 0 Å². The first-order chi connectivity index (χ1) is 7.24. The standard InChI is InChI=1S/C11H18N2O2/c1-12-6-4-7-13(2)9-10(14)11-5-3-8-15-11/h3,5,8,12H,4,6-7,9H2,1-2H3. The molecule has 15 heavy (non-hydrogen) atoms. The van der Waals surface area contributed by atoms with Crippen LogP contribution in [0.15, 0.2) is 22.8 Å². The van der Waals surface area contributed by atoms with E-state index in [2.05, 4.69) is 5.32 Å². The van der Waals surface area contributed by atoms with Gasteiger partial charge in [-0.3, -0.25) is 9.69 Å². The van der Waals surface area contributed by atoms with Crippen molar-refractivity contribution in [2.24, 2.45) is 0 Å². The Labute approximate surface area is 90.3 Å². The molecule has 1 N–H and O–H groups in total. The molecule has 4 nitrogen and oxygen atoms in total. The topological polar surface area (TPSA) is 45.5 Å². The Morgan fingerprint density at radius 2 is 2.40 bits per heavy atom. The SMILES string of the molecule is CNCCCN(C)CC(=O)c1ccco1. The number of furan rings is 1. The highest BCUT2D eigenvalue weighted by molar-refractivity contribution is 5.94. The number of Topliss-reactive ketones (excluding diaryl/α,β-unsaturated/α-hetero) is 1. The lowest BCUT2D eigenvalue weighted by Gasteiger charge is -2.14. The largest absolute Gasteiger partial charge is 0.461 e. The van der Waals surface area contributed by atoms with Crippen LogP contribution in [0.4, 0.5) is 0 Å². The summed E-state index contributed by atoms with van der Waals surface area (Å²) in [6.45, 7) is 2.30. The fourth-order valence-electron chi connectivity index (χ4n) is 1.37. The average molecular weight is 210 g/mol. The second kappa shape index (κ2) is 6.37. The zero-order valence-corrected chi connectivity index (χ0v) is 9.32. The molecule has 1 heterocycles.